The summed E-state index contributed by atoms with van der Waals surface area (Å²) in [5.74, 6) is 0.803. The number of rotatable bonds is 6. The summed E-state index contributed by atoms with van der Waals surface area (Å²) >= 11 is 13.6. The summed E-state index contributed by atoms with van der Waals surface area (Å²) in [4.78, 5) is 12.4. The molecule has 2 aromatic carbocycles. The van der Waals surface area contributed by atoms with E-state index in [-0.39, 0.29) is 11.7 Å². The molecular weight excluding hydrogens is 415 g/mol. The second kappa shape index (κ2) is 8.99. The van der Waals surface area contributed by atoms with E-state index in [1.54, 1.807) is 12.1 Å². The summed E-state index contributed by atoms with van der Waals surface area (Å²) in [7, 11) is 0. The van der Waals surface area contributed by atoms with Crippen LogP contribution in [0.1, 0.15) is 18.1 Å². The molecule has 0 bridgehead atoms. The van der Waals surface area contributed by atoms with Crippen molar-refractivity contribution in [1.29, 1.82) is 0 Å². The van der Waals surface area contributed by atoms with Gasteiger partial charge in [-0.25, -0.2) is 0 Å². The molecule has 0 unspecified atom stereocenters. The number of hydrogen-bond donors (Lipinski definition) is 1. The number of benzene rings is 2. The smallest absolute Gasteiger partial charge is 0.234 e. The van der Waals surface area contributed by atoms with Crippen molar-refractivity contribution in [2.75, 3.05) is 11.1 Å². The van der Waals surface area contributed by atoms with Crippen LogP contribution in [0.5, 0.6) is 0 Å². The molecule has 8 heteroatoms. The molecule has 0 saturated heterocycles. The Kier molecular flexibility index (Phi) is 6.65. The predicted molar refractivity (Wildman–Crippen MR) is 116 cm³/mol. The fraction of sp³-hybridized carbons (Fsp3) is 0.250. The number of thioether (sulfide) groups is 1. The van der Waals surface area contributed by atoms with Gasteiger partial charge in [-0.2, -0.15) is 0 Å². The summed E-state index contributed by atoms with van der Waals surface area (Å²) in [5.41, 5.74) is 3.72. The fourth-order valence-corrected chi connectivity index (χ4v) is 4.03. The lowest BCUT2D eigenvalue weighted by Crippen LogP contribution is -2.15. The first kappa shape index (κ1) is 20.7. The number of halogens is 2. The average molecular weight is 435 g/mol. The number of carbonyl (C=O) groups excluding carboxylic acids is 1. The highest BCUT2D eigenvalue weighted by Gasteiger charge is 2.17. The molecule has 1 amide bonds. The summed E-state index contributed by atoms with van der Waals surface area (Å²) in [6.45, 7) is 6.62. The number of hydrogen-bond acceptors (Lipinski definition) is 4. The molecule has 3 rings (SSSR count). The molecule has 0 fully saturated rings. The number of aromatic nitrogens is 3. The Bertz CT molecular complexity index is 1020. The largest absolute Gasteiger partial charge is 0.325 e. The Labute approximate surface area is 178 Å². The van der Waals surface area contributed by atoms with E-state index in [0.29, 0.717) is 27.6 Å². The predicted octanol–water partition coefficient (Wildman–Crippen LogP) is 5.62. The number of aryl methyl sites for hydroxylation is 2. The van der Waals surface area contributed by atoms with Crippen LogP contribution >= 0.6 is 35.0 Å². The molecule has 1 N–H and O–H groups in total. The number of anilines is 1. The molecule has 5 nitrogen and oxygen atoms in total. The Morgan fingerprint density at radius 2 is 1.93 bits per heavy atom. The van der Waals surface area contributed by atoms with Crippen molar-refractivity contribution in [3.05, 3.63) is 57.6 Å². The van der Waals surface area contributed by atoms with Gasteiger partial charge in [-0.05, 0) is 56.2 Å². The highest BCUT2D eigenvalue weighted by Crippen LogP contribution is 2.31. The minimum atomic E-state index is -0.0876. The summed E-state index contributed by atoms with van der Waals surface area (Å²) < 4.78 is 1.94. The molecule has 0 aliphatic heterocycles. The van der Waals surface area contributed by atoms with Crippen LogP contribution in [0.15, 0.2) is 41.6 Å². The molecule has 146 valence electrons. The van der Waals surface area contributed by atoms with Crippen LogP contribution in [0.3, 0.4) is 0 Å². The van der Waals surface area contributed by atoms with Crippen molar-refractivity contribution in [3.63, 3.8) is 0 Å². The van der Waals surface area contributed by atoms with Gasteiger partial charge in [0, 0.05) is 22.8 Å². The van der Waals surface area contributed by atoms with E-state index in [4.69, 9.17) is 23.2 Å². The summed E-state index contributed by atoms with van der Waals surface area (Å²) in [5, 5.41) is 13.2. The maximum absolute atomic E-state index is 12.4. The third-order valence-corrected chi connectivity index (χ3v) is 5.72. The van der Waals surface area contributed by atoms with Gasteiger partial charge in [-0.1, -0.05) is 47.1 Å². The maximum atomic E-state index is 12.4. The Morgan fingerprint density at radius 3 is 2.64 bits per heavy atom. The molecule has 1 heterocycles. The summed E-state index contributed by atoms with van der Waals surface area (Å²) in [6.07, 6.45) is 0. The SMILES string of the molecule is CCn1c(SCC(=O)Nc2cc(C)ccc2C)nnc1-c1ccc(Cl)cc1Cl. The lowest BCUT2D eigenvalue weighted by Gasteiger charge is -2.10. The lowest BCUT2D eigenvalue weighted by atomic mass is 10.1. The molecule has 1 aromatic heterocycles. The van der Waals surface area contributed by atoms with Gasteiger partial charge in [-0.15, -0.1) is 10.2 Å². The van der Waals surface area contributed by atoms with Crippen molar-refractivity contribution in [2.24, 2.45) is 0 Å². The van der Waals surface area contributed by atoms with Crippen LogP contribution in [-0.4, -0.2) is 26.4 Å². The normalized spacial score (nSPS) is 10.9. The zero-order valence-electron chi connectivity index (χ0n) is 15.8. The number of carbonyl (C=O) groups is 1. The van der Waals surface area contributed by atoms with E-state index < -0.39 is 0 Å². The van der Waals surface area contributed by atoms with E-state index in [0.717, 1.165) is 22.4 Å². The van der Waals surface area contributed by atoms with Crippen LogP contribution in [0.25, 0.3) is 11.4 Å². The van der Waals surface area contributed by atoms with Crippen LogP contribution in [0, 0.1) is 13.8 Å². The van der Waals surface area contributed by atoms with Crippen LogP contribution in [-0.2, 0) is 11.3 Å². The van der Waals surface area contributed by atoms with Crippen molar-refractivity contribution >= 4 is 46.6 Å². The van der Waals surface area contributed by atoms with Gasteiger partial charge >= 0.3 is 0 Å². The van der Waals surface area contributed by atoms with Crippen LogP contribution in [0.4, 0.5) is 5.69 Å². The molecule has 0 atom stereocenters. The molecular formula is C20H20Cl2N4OS. The zero-order chi connectivity index (χ0) is 20.3. The third-order valence-electron chi connectivity index (χ3n) is 4.20. The minimum Gasteiger partial charge on any atom is -0.325 e. The van der Waals surface area contributed by atoms with Gasteiger partial charge in [0.1, 0.15) is 0 Å². The van der Waals surface area contributed by atoms with Crippen LogP contribution < -0.4 is 5.32 Å². The van der Waals surface area contributed by atoms with Gasteiger partial charge < -0.3 is 9.88 Å². The molecule has 0 aliphatic carbocycles. The second-order valence-corrected chi connectivity index (χ2v) is 8.12. The molecule has 3 aromatic rings. The van der Waals surface area contributed by atoms with Crippen molar-refractivity contribution in [3.8, 4) is 11.4 Å². The highest BCUT2D eigenvalue weighted by molar-refractivity contribution is 7.99. The quantitative estimate of drug-likeness (QED) is 0.511. The van der Waals surface area contributed by atoms with Gasteiger partial charge in [-0.3, -0.25) is 4.79 Å². The Balaban J connectivity index is 1.73. The van der Waals surface area contributed by atoms with Gasteiger partial charge in [0.25, 0.3) is 0 Å². The Morgan fingerprint density at radius 1 is 1.14 bits per heavy atom. The standard InChI is InChI=1S/C20H20Cl2N4OS/c1-4-26-19(15-8-7-14(21)10-16(15)22)24-25-20(26)28-11-18(27)23-17-9-12(2)5-6-13(17)3/h5-10H,4,11H2,1-3H3,(H,23,27). The molecule has 28 heavy (non-hydrogen) atoms. The monoisotopic (exact) mass is 434 g/mol. The minimum absolute atomic E-state index is 0.0876. The summed E-state index contributed by atoms with van der Waals surface area (Å²) in [6, 6.07) is 11.2. The lowest BCUT2D eigenvalue weighted by molar-refractivity contribution is -0.113. The number of nitrogens with one attached hydrogen (secondary N) is 1. The fourth-order valence-electron chi connectivity index (χ4n) is 2.74. The first-order valence-corrected chi connectivity index (χ1v) is 10.5. The number of nitrogens with zero attached hydrogens (tertiary/aromatic N) is 3. The average Bonchev–Trinajstić information content (AvgIpc) is 3.05. The molecule has 0 radical (unpaired) electrons. The van der Waals surface area contributed by atoms with Crippen molar-refractivity contribution < 1.29 is 4.79 Å². The maximum Gasteiger partial charge on any atom is 0.234 e. The topological polar surface area (TPSA) is 59.8 Å². The first-order valence-electron chi connectivity index (χ1n) is 8.77. The van der Waals surface area contributed by atoms with E-state index in [1.165, 1.54) is 11.8 Å². The van der Waals surface area contributed by atoms with Gasteiger partial charge in [0.2, 0.25) is 5.91 Å². The van der Waals surface area contributed by atoms with Crippen molar-refractivity contribution in [1.82, 2.24) is 14.8 Å². The van der Waals surface area contributed by atoms with E-state index >= 15 is 0 Å². The van der Waals surface area contributed by atoms with E-state index in [9.17, 15) is 4.79 Å². The highest BCUT2D eigenvalue weighted by atomic mass is 35.5. The molecule has 0 saturated carbocycles. The second-order valence-electron chi connectivity index (χ2n) is 6.33. The van der Waals surface area contributed by atoms with E-state index in [2.05, 4.69) is 15.5 Å². The molecule has 0 aliphatic rings. The van der Waals surface area contributed by atoms with Gasteiger partial charge in [0.15, 0.2) is 11.0 Å². The molecule has 0 spiro atoms. The zero-order valence-corrected chi connectivity index (χ0v) is 18.1. The number of amides is 1. The van der Waals surface area contributed by atoms with E-state index in [1.807, 2.05) is 49.6 Å². The Hall–Kier alpha value is -2.02. The first-order chi connectivity index (χ1) is 13.4. The van der Waals surface area contributed by atoms with Gasteiger partial charge in [0.05, 0.1) is 10.8 Å². The van der Waals surface area contributed by atoms with Crippen LogP contribution in [0.2, 0.25) is 10.0 Å². The third kappa shape index (κ3) is 4.69. The van der Waals surface area contributed by atoms with Crippen molar-refractivity contribution in [2.45, 2.75) is 32.5 Å².